The Morgan fingerprint density at radius 1 is 1.42 bits per heavy atom. The van der Waals surface area contributed by atoms with Crippen LogP contribution in [0.3, 0.4) is 0 Å². The van der Waals surface area contributed by atoms with Gasteiger partial charge in [-0.2, -0.15) is 4.98 Å². The molecular weight excluding hydrogens is 276 g/mol. The van der Waals surface area contributed by atoms with Gasteiger partial charge in [0.2, 0.25) is 0 Å². The van der Waals surface area contributed by atoms with Gasteiger partial charge in [-0.1, -0.05) is 6.07 Å². The summed E-state index contributed by atoms with van der Waals surface area (Å²) in [5.74, 6) is 0. The van der Waals surface area contributed by atoms with E-state index in [1.807, 2.05) is 16.9 Å². The van der Waals surface area contributed by atoms with E-state index in [0.29, 0.717) is 6.54 Å². The summed E-state index contributed by atoms with van der Waals surface area (Å²) < 4.78 is 1.88. The Morgan fingerprint density at radius 2 is 2.26 bits per heavy atom. The predicted octanol–water partition coefficient (Wildman–Crippen LogP) is 2.95. The fraction of sp³-hybridized carbons (Fsp3) is 0.429. The first-order valence-corrected chi connectivity index (χ1v) is 8.59. The Kier molecular flexibility index (Phi) is 3.75. The van der Waals surface area contributed by atoms with Gasteiger partial charge in [0, 0.05) is 16.1 Å². The molecule has 0 aromatic carbocycles. The highest BCUT2D eigenvalue weighted by Crippen LogP contribution is 2.27. The van der Waals surface area contributed by atoms with Crippen molar-refractivity contribution in [2.45, 2.75) is 37.3 Å². The van der Waals surface area contributed by atoms with Crippen LogP contribution in [-0.4, -0.2) is 15.8 Å². The number of thiophene rings is 1. The number of hydrogen-bond donors (Lipinski definition) is 0. The molecule has 3 rings (SSSR count). The van der Waals surface area contributed by atoms with Gasteiger partial charge in [0.05, 0.1) is 6.54 Å². The second kappa shape index (κ2) is 5.51. The van der Waals surface area contributed by atoms with Crippen LogP contribution < -0.4 is 5.69 Å². The second-order valence-electron chi connectivity index (χ2n) is 4.70. The smallest absolute Gasteiger partial charge is 0.291 e. The van der Waals surface area contributed by atoms with Crippen LogP contribution in [-0.2, 0) is 19.4 Å². The third-order valence-corrected chi connectivity index (χ3v) is 5.12. The van der Waals surface area contributed by atoms with E-state index >= 15 is 0 Å². The fourth-order valence-electron chi connectivity index (χ4n) is 2.64. The van der Waals surface area contributed by atoms with Crippen molar-refractivity contribution in [1.29, 1.82) is 0 Å². The van der Waals surface area contributed by atoms with Crippen LogP contribution in [0.1, 0.15) is 29.0 Å². The van der Waals surface area contributed by atoms with Crippen LogP contribution >= 0.6 is 23.1 Å². The molecule has 0 aliphatic heterocycles. The molecule has 0 spiro atoms. The Hall–Kier alpha value is -1.07. The summed E-state index contributed by atoms with van der Waals surface area (Å²) in [4.78, 5) is 17.7. The second-order valence-corrected chi connectivity index (χ2v) is 6.53. The molecule has 0 unspecified atom stereocenters. The first kappa shape index (κ1) is 12.9. The number of aromatic nitrogens is 2. The van der Waals surface area contributed by atoms with E-state index in [-0.39, 0.29) is 5.69 Å². The van der Waals surface area contributed by atoms with E-state index in [9.17, 15) is 4.79 Å². The van der Waals surface area contributed by atoms with Gasteiger partial charge in [0.25, 0.3) is 0 Å². The van der Waals surface area contributed by atoms with E-state index in [2.05, 4.69) is 16.4 Å². The molecular formula is C14H16N2OS2. The SMILES string of the molecule is CSc1nc(=O)n(Cc2cccs2)c2c1CCCC2. The van der Waals surface area contributed by atoms with E-state index < -0.39 is 0 Å². The molecule has 2 heterocycles. The summed E-state index contributed by atoms with van der Waals surface area (Å²) in [6, 6.07) is 4.11. The minimum absolute atomic E-state index is 0.0987. The average molecular weight is 292 g/mol. The van der Waals surface area contributed by atoms with Crippen LogP contribution in [0.5, 0.6) is 0 Å². The Morgan fingerprint density at radius 3 is 3.00 bits per heavy atom. The maximum Gasteiger partial charge on any atom is 0.349 e. The van der Waals surface area contributed by atoms with Crippen molar-refractivity contribution < 1.29 is 0 Å². The lowest BCUT2D eigenvalue weighted by molar-refractivity contribution is 0.572. The molecule has 0 fully saturated rings. The van der Waals surface area contributed by atoms with Gasteiger partial charge < -0.3 is 0 Å². The molecule has 0 saturated carbocycles. The molecule has 0 radical (unpaired) electrons. The van der Waals surface area contributed by atoms with E-state index in [1.165, 1.54) is 29.0 Å². The summed E-state index contributed by atoms with van der Waals surface area (Å²) in [6.07, 6.45) is 6.45. The highest BCUT2D eigenvalue weighted by Gasteiger charge is 2.19. The number of nitrogens with zero attached hydrogens (tertiary/aromatic N) is 2. The van der Waals surface area contributed by atoms with Gasteiger partial charge in [0.15, 0.2) is 0 Å². The molecule has 5 heteroatoms. The van der Waals surface area contributed by atoms with Crippen molar-refractivity contribution in [3.05, 3.63) is 44.1 Å². The first-order valence-electron chi connectivity index (χ1n) is 6.48. The zero-order valence-corrected chi connectivity index (χ0v) is 12.5. The predicted molar refractivity (Wildman–Crippen MR) is 80.3 cm³/mol. The lowest BCUT2D eigenvalue weighted by atomic mass is 9.97. The largest absolute Gasteiger partial charge is 0.349 e. The van der Waals surface area contributed by atoms with Crippen molar-refractivity contribution >= 4 is 23.1 Å². The van der Waals surface area contributed by atoms with Crippen LogP contribution in [0, 0.1) is 0 Å². The van der Waals surface area contributed by atoms with Gasteiger partial charge >= 0.3 is 5.69 Å². The fourth-order valence-corrected chi connectivity index (χ4v) is 3.97. The minimum atomic E-state index is -0.0987. The normalized spacial score (nSPS) is 14.4. The van der Waals surface area contributed by atoms with E-state index in [4.69, 9.17) is 0 Å². The molecule has 0 bridgehead atoms. The molecule has 0 saturated heterocycles. The highest BCUT2D eigenvalue weighted by atomic mass is 32.2. The summed E-state index contributed by atoms with van der Waals surface area (Å²) in [5, 5.41) is 2.98. The van der Waals surface area contributed by atoms with Crippen LogP contribution in [0.4, 0.5) is 0 Å². The number of hydrogen-bond acceptors (Lipinski definition) is 4. The van der Waals surface area contributed by atoms with Crippen molar-refractivity contribution in [3.8, 4) is 0 Å². The standard InChI is InChI=1S/C14H16N2OS2/c1-18-13-11-6-2-3-7-12(11)16(14(17)15-13)9-10-5-4-8-19-10/h4-5,8H,2-3,6-7,9H2,1H3. The lowest BCUT2D eigenvalue weighted by Gasteiger charge is -2.22. The number of fused-ring (bicyclic) bond motifs is 1. The monoisotopic (exact) mass is 292 g/mol. The molecule has 0 amide bonds. The van der Waals surface area contributed by atoms with Crippen molar-refractivity contribution in [2.75, 3.05) is 6.26 Å². The Labute approximate surface area is 120 Å². The van der Waals surface area contributed by atoms with Crippen LogP contribution in [0.25, 0.3) is 0 Å². The average Bonchev–Trinajstić information content (AvgIpc) is 2.94. The molecule has 2 aromatic heterocycles. The molecule has 1 aliphatic carbocycles. The molecule has 3 nitrogen and oxygen atoms in total. The van der Waals surface area contributed by atoms with Crippen LogP contribution in [0.2, 0.25) is 0 Å². The Bertz CT molecular complexity index is 632. The number of thioether (sulfide) groups is 1. The van der Waals surface area contributed by atoms with Crippen molar-refractivity contribution in [1.82, 2.24) is 9.55 Å². The minimum Gasteiger partial charge on any atom is -0.291 e. The van der Waals surface area contributed by atoms with E-state index in [0.717, 1.165) is 17.9 Å². The lowest BCUT2D eigenvalue weighted by Crippen LogP contribution is -2.30. The molecule has 2 aromatic rings. The first-order chi connectivity index (χ1) is 9.29. The zero-order chi connectivity index (χ0) is 13.2. The third kappa shape index (κ3) is 2.49. The molecule has 0 atom stereocenters. The van der Waals surface area contributed by atoms with Gasteiger partial charge in [0.1, 0.15) is 5.03 Å². The summed E-state index contributed by atoms with van der Waals surface area (Å²) in [5.41, 5.74) is 2.41. The summed E-state index contributed by atoms with van der Waals surface area (Å²) in [6.45, 7) is 0.667. The quantitative estimate of drug-likeness (QED) is 0.644. The maximum atomic E-state index is 12.2. The van der Waals surface area contributed by atoms with E-state index in [1.54, 1.807) is 23.1 Å². The molecule has 100 valence electrons. The molecule has 19 heavy (non-hydrogen) atoms. The van der Waals surface area contributed by atoms with Gasteiger partial charge in [-0.15, -0.1) is 23.1 Å². The molecule has 0 N–H and O–H groups in total. The number of rotatable bonds is 3. The zero-order valence-electron chi connectivity index (χ0n) is 10.9. The highest BCUT2D eigenvalue weighted by molar-refractivity contribution is 7.98. The van der Waals surface area contributed by atoms with Crippen molar-refractivity contribution in [3.63, 3.8) is 0 Å². The third-order valence-electron chi connectivity index (χ3n) is 3.54. The van der Waals surface area contributed by atoms with Gasteiger partial charge in [-0.25, -0.2) is 4.79 Å². The van der Waals surface area contributed by atoms with Gasteiger partial charge in [-0.05, 0) is 43.4 Å². The van der Waals surface area contributed by atoms with Crippen LogP contribution in [0.15, 0.2) is 27.3 Å². The van der Waals surface area contributed by atoms with Gasteiger partial charge in [-0.3, -0.25) is 4.57 Å². The van der Waals surface area contributed by atoms with Crippen molar-refractivity contribution in [2.24, 2.45) is 0 Å². The summed E-state index contributed by atoms with van der Waals surface area (Å²) >= 11 is 3.29. The Balaban J connectivity index is 2.10. The molecule has 1 aliphatic rings. The maximum absolute atomic E-state index is 12.2. The summed E-state index contributed by atoms with van der Waals surface area (Å²) in [7, 11) is 0. The topological polar surface area (TPSA) is 34.9 Å².